The molecule has 0 radical (unpaired) electrons. The first-order valence-electron chi connectivity index (χ1n) is 6.88. The van der Waals surface area contributed by atoms with E-state index in [4.69, 9.17) is 9.47 Å². The Morgan fingerprint density at radius 3 is 2.20 bits per heavy atom. The van der Waals surface area contributed by atoms with Gasteiger partial charge in [-0.05, 0) is 31.4 Å². The van der Waals surface area contributed by atoms with E-state index in [1.807, 2.05) is 19.9 Å². The molecule has 0 bridgehead atoms. The SMILES string of the molecule is CCOc1cc(C(=O)CBr)cc(C(C)(C)C)c1OCC. The molecule has 4 heteroatoms. The number of Topliss-reactive ketones (excluding diaryl/α,β-unsaturated/α-hetero) is 1. The van der Waals surface area contributed by atoms with E-state index < -0.39 is 0 Å². The fourth-order valence-electron chi connectivity index (χ4n) is 1.95. The number of alkyl halides is 1. The maximum atomic E-state index is 12.0. The molecule has 0 heterocycles. The molecule has 1 rings (SSSR count). The average molecular weight is 343 g/mol. The van der Waals surface area contributed by atoms with Crippen molar-refractivity contribution in [2.24, 2.45) is 0 Å². The monoisotopic (exact) mass is 342 g/mol. The molecule has 0 amide bonds. The Balaban J connectivity index is 3.50. The van der Waals surface area contributed by atoms with Crippen molar-refractivity contribution in [2.45, 2.75) is 40.0 Å². The lowest BCUT2D eigenvalue weighted by molar-refractivity contribution is 0.102. The fourth-order valence-corrected chi connectivity index (χ4v) is 2.28. The highest BCUT2D eigenvalue weighted by Gasteiger charge is 2.24. The van der Waals surface area contributed by atoms with Gasteiger partial charge in [0, 0.05) is 11.1 Å². The summed E-state index contributed by atoms with van der Waals surface area (Å²) in [6.45, 7) is 11.3. The van der Waals surface area contributed by atoms with E-state index in [9.17, 15) is 4.79 Å². The van der Waals surface area contributed by atoms with E-state index in [0.29, 0.717) is 29.9 Å². The normalized spacial score (nSPS) is 11.3. The van der Waals surface area contributed by atoms with E-state index in [-0.39, 0.29) is 11.2 Å². The van der Waals surface area contributed by atoms with Crippen LogP contribution < -0.4 is 9.47 Å². The highest BCUT2D eigenvalue weighted by Crippen LogP contribution is 2.40. The lowest BCUT2D eigenvalue weighted by atomic mass is 9.84. The molecule has 0 atom stereocenters. The Kier molecular flexibility index (Phi) is 6.06. The van der Waals surface area contributed by atoms with Crippen LogP contribution in [-0.2, 0) is 5.41 Å². The van der Waals surface area contributed by atoms with Crippen molar-refractivity contribution in [1.29, 1.82) is 0 Å². The first kappa shape index (κ1) is 17.0. The fraction of sp³-hybridized carbons (Fsp3) is 0.562. The van der Waals surface area contributed by atoms with Gasteiger partial charge >= 0.3 is 0 Å². The maximum absolute atomic E-state index is 12.0. The first-order valence-corrected chi connectivity index (χ1v) is 8.00. The van der Waals surface area contributed by atoms with Gasteiger partial charge in [-0.2, -0.15) is 0 Å². The Morgan fingerprint density at radius 2 is 1.75 bits per heavy atom. The van der Waals surface area contributed by atoms with Gasteiger partial charge in [0.05, 0.1) is 18.5 Å². The summed E-state index contributed by atoms with van der Waals surface area (Å²) in [7, 11) is 0. The second kappa shape index (κ2) is 7.11. The molecule has 112 valence electrons. The van der Waals surface area contributed by atoms with Crippen molar-refractivity contribution in [1.82, 2.24) is 0 Å². The summed E-state index contributed by atoms with van der Waals surface area (Å²) in [4.78, 5) is 12.0. The van der Waals surface area contributed by atoms with Gasteiger partial charge in [-0.3, -0.25) is 4.79 Å². The Labute approximate surface area is 129 Å². The molecule has 3 nitrogen and oxygen atoms in total. The largest absolute Gasteiger partial charge is 0.490 e. The molecule has 20 heavy (non-hydrogen) atoms. The van der Waals surface area contributed by atoms with Crippen molar-refractivity contribution < 1.29 is 14.3 Å². The smallest absolute Gasteiger partial charge is 0.173 e. The molecule has 0 aliphatic carbocycles. The molecular formula is C16H23BrO3. The van der Waals surface area contributed by atoms with Crippen LogP contribution in [0.4, 0.5) is 0 Å². The first-order chi connectivity index (χ1) is 9.35. The second-order valence-corrected chi connectivity index (χ2v) is 6.08. The minimum Gasteiger partial charge on any atom is -0.490 e. The van der Waals surface area contributed by atoms with Crippen LogP contribution >= 0.6 is 15.9 Å². The van der Waals surface area contributed by atoms with Crippen molar-refractivity contribution in [3.8, 4) is 11.5 Å². The predicted molar refractivity (Wildman–Crippen MR) is 85.6 cm³/mol. The van der Waals surface area contributed by atoms with E-state index in [1.54, 1.807) is 6.07 Å². The Bertz CT molecular complexity index is 475. The quantitative estimate of drug-likeness (QED) is 0.569. The minimum atomic E-state index is -0.126. The lowest BCUT2D eigenvalue weighted by Gasteiger charge is -2.25. The van der Waals surface area contributed by atoms with Gasteiger partial charge in [0.1, 0.15) is 0 Å². The molecule has 0 saturated carbocycles. The number of hydrogen-bond donors (Lipinski definition) is 0. The molecule has 0 fully saturated rings. The summed E-state index contributed by atoms with van der Waals surface area (Å²) in [5, 5.41) is 0.302. The number of carbonyl (C=O) groups excluding carboxylic acids is 1. The van der Waals surface area contributed by atoms with Gasteiger partial charge in [0.15, 0.2) is 17.3 Å². The van der Waals surface area contributed by atoms with Crippen LogP contribution in [0, 0.1) is 0 Å². The number of hydrogen-bond acceptors (Lipinski definition) is 3. The third-order valence-corrected chi connectivity index (χ3v) is 3.40. The van der Waals surface area contributed by atoms with Crippen LogP contribution in [0.15, 0.2) is 12.1 Å². The van der Waals surface area contributed by atoms with Gasteiger partial charge in [-0.15, -0.1) is 0 Å². The van der Waals surface area contributed by atoms with Gasteiger partial charge < -0.3 is 9.47 Å². The van der Waals surface area contributed by atoms with Crippen molar-refractivity contribution in [3.63, 3.8) is 0 Å². The third kappa shape index (κ3) is 3.98. The summed E-state index contributed by atoms with van der Waals surface area (Å²) >= 11 is 3.22. The zero-order valence-corrected chi connectivity index (χ0v) is 14.5. The molecule has 0 aliphatic heterocycles. The predicted octanol–water partition coefficient (Wildman–Crippen LogP) is 4.36. The molecule has 0 unspecified atom stereocenters. The average Bonchev–Trinajstić information content (AvgIpc) is 2.38. The number of rotatable bonds is 6. The Hall–Kier alpha value is -1.03. The van der Waals surface area contributed by atoms with E-state index in [0.717, 1.165) is 11.3 Å². The van der Waals surface area contributed by atoms with Gasteiger partial charge in [0.2, 0.25) is 0 Å². The summed E-state index contributed by atoms with van der Waals surface area (Å²) in [6, 6.07) is 3.68. The van der Waals surface area contributed by atoms with Gasteiger partial charge in [0.25, 0.3) is 0 Å². The van der Waals surface area contributed by atoms with Crippen molar-refractivity contribution >= 4 is 21.7 Å². The molecule has 1 aromatic carbocycles. The molecule has 0 aromatic heterocycles. The van der Waals surface area contributed by atoms with Gasteiger partial charge in [-0.1, -0.05) is 36.7 Å². The summed E-state index contributed by atoms with van der Waals surface area (Å²) in [5.41, 5.74) is 1.52. The Morgan fingerprint density at radius 1 is 1.15 bits per heavy atom. The van der Waals surface area contributed by atoms with E-state index >= 15 is 0 Å². The molecule has 0 spiro atoms. The zero-order chi connectivity index (χ0) is 15.3. The van der Waals surface area contributed by atoms with E-state index in [2.05, 4.69) is 36.7 Å². The lowest BCUT2D eigenvalue weighted by Crippen LogP contribution is -2.16. The standard InChI is InChI=1S/C16H23BrO3/c1-6-19-14-9-11(13(18)10-17)8-12(16(3,4)5)15(14)20-7-2/h8-9H,6-7,10H2,1-5H3. The van der Waals surface area contributed by atoms with Crippen LogP contribution in [0.5, 0.6) is 11.5 Å². The van der Waals surface area contributed by atoms with Crippen LogP contribution in [0.3, 0.4) is 0 Å². The topological polar surface area (TPSA) is 35.5 Å². The van der Waals surface area contributed by atoms with Crippen LogP contribution in [0.2, 0.25) is 0 Å². The number of carbonyl (C=O) groups is 1. The maximum Gasteiger partial charge on any atom is 0.173 e. The molecule has 0 saturated heterocycles. The van der Waals surface area contributed by atoms with E-state index in [1.165, 1.54) is 0 Å². The second-order valence-electron chi connectivity index (χ2n) is 5.52. The molecule has 0 aliphatic rings. The molecule has 1 aromatic rings. The molecular weight excluding hydrogens is 320 g/mol. The summed E-state index contributed by atoms with van der Waals surface area (Å²) in [5.74, 6) is 1.43. The number of ketones is 1. The molecule has 0 N–H and O–H groups in total. The highest BCUT2D eigenvalue weighted by molar-refractivity contribution is 9.09. The number of benzene rings is 1. The minimum absolute atomic E-state index is 0.0412. The van der Waals surface area contributed by atoms with Crippen LogP contribution in [0.1, 0.15) is 50.5 Å². The van der Waals surface area contributed by atoms with Crippen LogP contribution in [0.25, 0.3) is 0 Å². The zero-order valence-electron chi connectivity index (χ0n) is 12.9. The summed E-state index contributed by atoms with van der Waals surface area (Å²) in [6.07, 6.45) is 0. The number of halogens is 1. The summed E-state index contributed by atoms with van der Waals surface area (Å²) < 4.78 is 11.4. The number of ether oxygens (including phenoxy) is 2. The van der Waals surface area contributed by atoms with Crippen molar-refractivity contribution in [2.75, 3.05) is 18.5 Å². The van der Waals surface area contributed by atoms with Crippen molar-refractivity contribution in [3.05, 3.63) is 23.3 Å². The van der Waals surface area contributed by atoms with Crippen LogP contribution in [-0.4, -0.2) is 24.3 Å². The highest BCUT2D eigenvalue weighted by atomic mass is 79.9. The van der Waals surface area contributed by atoms with Gasteiger partial charge in [-0.25, -0.2) is 0 Å². The third-order valence-electron chi connectivity index (χ3n) is 2.89.